The summed E-state index contributed by atoms with van der Waals surface area (Å²) in [6.45, 7) is 0.162. The molecule has 3 rings (SSSR count). The molecule has 1 unspecified atom stereocenters. The Morgan fingerprint density at radius 2 is 1.96 bits per heavy atom. The molecule has 0 radical (unpaired) electrons. The Balaban J connectivity index is 1.64. The van der Waals surface area contributed by atoms with Crippen molar-refractivity contribution >= 4 is 5.97 Å². The Labute approximate surface area is 156 Å². The van der Waals surface area contributed by atoms with Crippen LogP contribution < -0.4 is 0 Å². The van der Waals surface area contributed by atoms with Crippen molar-refractivity contribution in [1.82, 2.24) is 0 Å². The predicted octanol–water partition coefficient (Wildman–Crippen LogP) is 3.14. The molecule has 0 aromatic carbocycles. The van der Waals surface area contributed by atoms with Gasteiger partial charge in [0.1, 0.15) is 6.61 Å². The lowest BCUT2D eigenvalue weighted by molar-refractivity contribution is -0.142. The van der Waals surface area contributed by atoms with Crippen LogP contribution in [0.25, 0.3) is 0 Å². The molecule has 0 saturated heterocycles. The largest absolute Gasteiger partial charge is 0.480 e. The maximum absolute atomic E-state index is 10.7. The van der Waals surface area contributed by atoms with Gasteiger partial charge in [-0.3, -0.25) is 0 Å². The van der Waals surface area contributed by atoms with Crippen LogP contribution in [0, 0.1) is 23.2 Å². The van der Waals surface area contributed by atoms with Gasteiger partial charge in [0, 0.05) is 12.5 Å². The van der Waals surface area contributed by atoms with Gasteiger partial charge in [-0.2, -0.15) is 0 Å². The summed E-state index contributed by atoms with van der Waals surface area (Å²) in [6.07, 6.45) is 14.0. The van der Waals surface area contributed by atoms with E-state index in [0.29, 0.717) is 18.4 Å². The van der Waals surface area contributed by atoms with Gasteiger partial charge in [0.25, 0.3) is 0 Å². The molecule has 0 bridgehead atoms. The maximum Gasteiger partial charge on any atom is 0.329 e. The molecule has 5 atom stereocenters. The predicted molar refractivity (Wildman–Crippen MR) is 98.7 cm³/mol. The number of aliphatic carboxylic acids is 1. The fourth-order valence-corrected chi connectivity index (χ4v) is 5.89. The minimum absolute atomic E-state index is 0.000699. The van der Waals surface area contributed by atoms with Gasteiger partial charge in [-0.05, 0) is 55.8 Å². The summed E-state index contributed by atoms with van der Waals surface area (Å²) in [5, 5.41) is 30.0. The van der Waals surface area contributed by atoms with E-state index in [-0.39, 0.29) is 24.0 Å². The van der Waals surface area contributed by atoms with Gasteiger partial charge < -0.3 is 20.1 Å². The van der Waals surface area contributed by atoms with Gasteiger partial charge in [0.2, 0.25) is 0 Å². The molecule has 3 aliphatic rings. The van der Waals surface area contributed by atoms with Crippen LogP contribution in [0.15, 0.2) is 12.2 Å². The highest BCUT2D eigenvalue weighted by Crippen LogP contribution is 2.60. The van der Waals surface area contributed by atoms with Crippen molar-refractivity contribution in [3.05, 3.63) is 12.2 Å². The molecule has 5 nitrogen and oxygen atoms in total. The highest BCUT2D eigenvalue weighted by molar-refractivity contribution is 5.67. The molecule has 5 heteroatoms. The number of ether oxygens (including phenoxy) is 1. The van der Waals surface area contributed by atoms with Crippen LogP contribution in [0.3, 0.4) is 0 Å². The van der Waals surface area contributed by atoms with Crippen molar-refractivity contribution in [2.75, 3.05) is 13.2 Å². The van der Waals surface area contributed by atoms with Crippen LogP contribution in [0.2, 0.25) is 0 Å². The van der Waals surface area contributed by atoms with Gasteiger partial charge >= 0.3 is 5.97 Å². The number of hydrogen-bond donors (Lipinski definition) is 3. The number of hydrogen-bond acceptors (Lipinski definition) is 4. The highest BCUT2D eigenvalue weighted by Gasteiger charge is 2.55. The summed E-state index contributed by atoms with van der Waals surface area (Å²) in [6, 6.07) is 0. The highest BCUT2D eigenvalue weighted by atomic mass is 16.5. The van der Waals surface area contributed by atoms with E-state index in [1.165, 1.54) is 19.3 Å². The lowest BCUT2D eigenvalue weighted by Gasteiger charge is -2.35. The summed E-state index contributed by atoms with van der Waals surface area (Å²) in [7, 11) is 0. The lowest BCUT2D eigenvalue weighted by atomic mass is 9.70. The van der Waals surface area contributed by atoms with Crippen molar-refractivity contribution in [1.29, 1.82) is 0 Å². The molecule has 148 valence electrons. The molecule has 26 heavy (non-hydrogen) atoms. The smallest absolute Gasteiger partial charge is 0.329 e. The van der Waals surface area contributed by atoms with E-state index >= 15 is 0 Å². The maximum atomic E-state index is 10.7. The fourth-order valence-electron chi connectivity index (χ4n) is 5.89. The third-order valence-corrected chi connectivity index (χ3v) is 7.20. The van der Waals surface area contributed by atoms with Crippen LogP contribution in [0.1, 0.15) is 64.2 Å². The van der Waals surface area contributed by atoms with E-state index < -0.39 is 12.1 Å². The number of aliphatic hydroxyl groups excluding tert-OH is 2. The number of carbonyl (C=O) groups is 1. The van der Waals surface area contributed by atoms with Crippen LogP contribution >= 0.6 is 0 Å². The van der Waals surface area contributed by atoms with Gasteiger partial charge in [-0.1, -0.05) is 37.8 Å². The molecule has 0 aliphatic heterocycles. The van der Waals surface area contributed by atoms with E-state index in [2.05, 4.69) is 6.08 Å². The normalized spacial score (nSPS) is 36.5. The second-order valence-electron chi connectivity index (χ2n) is 8.62. The summed E-state index contributed by atoms with van der Waals surface area (Å²) in [5.74, 6) is -0.0641. The minimum atomic E-state index is -0.941. The average molecular weight is 366 g/mol. The van der Waals surface area contributed by atoms with Crippen LogP contribution in [-0.4, -0.2) is 46.7 Å². The number of fused-ring (bicyclic) bond motifs is 1. The molecule has 0 aromatic heterocycles. The summed E-state index contributed by atoms with van der Waals surface area (Å²) >= 11 is 0. The molecule has 3 saturated carbocycles. The number of aliphatic hydroxyl groups is 2. The summed E-state index contributed by atoms with van der Waals surface area (Å²) < 4.78 is 5.31. The first kappa shape index (κ1) is 19.8. The Morgan fingerprint density at radius 3 is 2.69 bits per heavy atom. The zero-order valence-electron chi connectivity index (χ0n) is 15.7. The van der Waals surface area contributed by atoms with E-state index in [0.717, 1.165) is 44.9 Å². The molecule has 3 aliphatic carbocycles. The van der Waals surface area contributed by atoms with E-state index in [1.807, 2.05) is 6.08 Å². The average Bonchev–Trinajstić information content (AvgIpc) is 3.13. The molecule has 0 spiro atoms. The van der Waals surface area contributed by atoms with E-state index in [9.17, 15) is 15.0 Å². The topological polar surface area (TPSA) is 87.0 Å². The quantitative estimate of drug-likeness (QED) is 0.454. The Kier molecular flexibility index (Phi) is 6.76. The van der Waals surface area contributed by atoms with Crippen LogP contribution in [-0.2, 0) is 9.53 Å². The molecule has 0 amide bonds. The number of carboxylic acid groups (broad SMARTS) is 1. The van der Waals surface area contributed by atoms with Gasteiger partial charge in [-0.15, -0.1) is 0 Å². The van der Waals surface area contributed by atoms with Gasteiger partial charge in [-0.25, -0.2) is 4.79 Å². The van der Waals surface area contributed by atoms with E-state index in [1.54, 1.807) is 0 Å². The van der Waals surface area contributed by atoms with Crippen molar-refractivity contribution in [2.45, 2.75) is 76.4 Å². The standard InChI is InChI=1S/C21H34O5/c22-18(15-5-2-1-3-6-15)9-8-17-19(23)13-16-7-4-10-21(16,17)11-12-26-14-20(24)25/h8-9,15-19,22-23H,1-7,10-14H2,(H,24,25)/t16-,17+,18?,19-,21-/m0/s1. The minimum Gasteiger partial charge on any atom is -0.480 e. The second-order valence-corrected chi connectivity index (χ2v) is 8.62. The molecule has 0 aromatic rings. The first-order valence-electron chi connectivity index (χ1n) is 10.4. The zero-order chi connectivity index (χ0) is 18.6. The fraction of sp³-hybridized carbons (Fsp3) is 0.857. The van der Waals surface area contributed by atoms with Crippen molar-refractivity contribution in [2.24, 2.45) is 23.2 Å². The SMILES string of the molecule is O=C(O)COCC[C@@]12CCC[C@H]1C[C@H](O)[C@H]2C=CC(O)C1CCCCC1. The first-order valence-corrected chi connectivity index (χ1v) is 10.4. The van der Waals surface area contributed by atoms with Gasteiger partial charge in [0.05, 0.1) is 12.2 Å². The van der Waals surface area contributed by atoms with Crippen molar-refractivity contribution in [3.8, 4) is 0 Å². The number of carboxylic acids is 1. The Morgan fingerprint density at radius 1 is 1.19 bits per heavy atom. The molecule has 0 heterocycles. The summed E-state index contributed by atoms with van der Waals surface area (Å²) in [5.41, 5.74) is 0.000699. The first-order chi connectivity index (χ1) is 12.5. The van der Waals surface area contributed by atoms with Crippen molar-refractivity contribution < 1.29 is 24.9 Å². The van der Waals surface area contributed by atoms with Crippen LogP contribution in [0.4, 0.5) is 0 Å². The van der Waals surface area contributed by atoms with E-state index in [4.69, 9.17) is 9.84 Å². The molecule has 3 fully saturated rings. The third kappa shape index (κ3) is 4.32. The second kappa shape index (κ2) is 8.85. The molecular weight excluding hydrogens is 332 g/mol. The third-order valence-electron chi connectivity index (χ3n) is 7.20. The number of rotatable bonds is 8. The van der Waals surface area contributed by atoms with Gasteiger partial charge in [0.15, 0.2) is 0 Å². The molecule has 3 N–H and O–H groups in total. The zero-order valence-corrected chi connectivity index (χ0v) is 15.7. The Hall–Kier alpha value is -0.910. The monoisotopic (exact) mass is 366 g/mol. The summed E-state index contributed by atoms with van der Waals surface area (Å²) in [4.78, 5) is 10.7. The Bertz CT molecular complexity index is 499. The van der Waals surface area contributed by atoms with Crippen LogP contribution in [0.5, 0.6) is 0 Å². The molecular formula is C21H34O5. The van der Waals surface area contributed by atoms with Crippen molar-refractivity contribution in [3.63, 3.8) is 0 Å². The lowest BCUT2D eigenvalue weighted by Crippen LogP contribution is -2.32.